The molecule has 164 valence electrons. The molecular formula is C26H20N2O3S2. The standard InChI is InChI=1S/C26H20N2O3S2/c1-32-24(21-16-14-19(15-17-21)18-8-3-2-4-9-18)25(29)27-26(32)28-33(30,31)23-13-7-11-20-10-5-6-12-22(20)23/h2-17,24H,1H2,(H,27,28,29). The van der Waals surface area contributed by atoms with E-state index in [1.54, 1.807) is 18.2 Å². The van der Waals surface area contributed by atoms with Crippen LogP contribution >= 0.6 is 10.5 Å². The molecule has 1 saturated heterocycles. The molecule has 0 spiro atoms. The van der Waals surface area contributed by atoms with Crippen LogP contribution in [0, 0.1) is 0 Å². The van der Waals surface area contributed by atoms with Crippen LogP contribution in [-0.4, -0.2) is 25.4 Å². The maximum Gasteiger partial charge on any atom is 0.285 e. The van der Waals surface area contributed by atoms with Gasteiger partial charge in [0.2, 0.25) is 5.91 Å². The van der Waals surface area contributed by atoms with E-state index in [0.29, 0.717) is 5.39 Å². The molecule has 0 aliphatic carbocycles. The first-order valence-corrected chi connectivity index (χ1v) is 13.2. The Kier molecular flexibility index (Phi) is 5.44. The normalized spacial score (nSPS) is 19.6. The van der Waals surface area contributed by atoms with Crippen LogP contribution in [0.25, 0.3) is 21.9 Å². The summed E-state index contributed by atoms with van der Waals surface area (Å²) in [6.45, 7) is 0. The molecule has 33 heavy (non-hydrogen) atoms. The monoisotopic (exact) mass is 472 g/mol. The maximum atomic E-state index is 13.1. The molecule has 0 bridgehead atoms. The SMILES string of the molecule is C=S1C(=NS(=O)(=O)c2cccc3ccccc23)NC(=O)C1c1ccc(-c2ccccc2)cc1. The van der Waals surface area contributed by atoms with Crippen molar-refractivity contribution in [2.75, 3.05) is 0 Å². The third-order valence-corrected chi connectivity index (χ3v) is 8.75. The maximum absolute atomic E-state index is 13.1. The van der Waals surface area contributed by atoms with Crippen molar-refractivity contribution >= 4 is 48.2 Å². The zero-order valence-electron chi connectivity index (χ0n) is 17.5. The van der Waals surface area contributed by atoms with Crippen molar-refractivity contribution in [2.24, 2.45) is 4.40 Å². The van der Waals surface area contributed by atoms with E-state index >= 15 is 0 Å². The number of amidine groups is 1. The number of carbonyl (C=O) groups excluding carboxylic acids is 1. The Balaban J connectivity index is 1.47. The second-order valence-corrected chi connectivity index (χ2v) is 10.9. The Morgan fingerprint density at radius 3 is 2.18 bits per heavy atom. The molecule has 4 aromatic rings. The van der Waals surface area contributed by atoms with E-state index in [-0.39, 0.29) is 16.0 Å². The molecule has 1 fully saturated rings. The van der Waals surface area contributed by atoms with Crippen LogP contribution in [0.1, 0.15) is 10.8 Å². The van der Waals surface area contributed by atoms with Gasteiger partial charge in [-0.25, -0.2) is 0 Å². The number of amides is 1. The lowest BCUT2D eigenvalue weighted by Crippen LogP contribution is -2.22. The summed E-state index contributed by atoms with van der Waals surface area (Å²) in [7, 11) is -5.01. The minimum absolute atomic E-state index is 0.0880. The number of sulfonamides is 1. The number of hydrogen-bond donors (Lipinski definition) is 1. The minimum Gasteiger partial charge on any atom is -0.304 e. The Morgan fingerprint density at radius 2 is 1.42 bits per heavy atom. The number of hydrogen-bond acceptors (Lipinski definition) is 3. The molecule has 1 aliphatic heterocycles. The first-order valence-electron chi connectivity index (χ1n) is 10.3. The summed E-state index contributed by atoms with van der Waals surface area (Å²) < 4.78 is 30.3. The highest BCUT2D eigenvalue weighted by Gasteiger charge is 2.35. The van der Waals surface area contributed by atoms with E-state index in [1.807, 2.05) is 72.8 Å². The zero-order chi connectivity index (χ0) is 23.0. The first-order chi connectivity index (χ1) is 15.9. The Morgan fingerprint density at radius 1 is 0.788 bits per heavy atom. The average molecular weight is 473 g/mol. The highest BCUT2D eigenvalue weighted by Crippen LogP contribution is 2.40. The highest BCUT2D eigenvalue weighted by atomic mass is 32.2. The number of carbonyl (C=O) groups is 1. The number of fused-ring (bicyclic) bond motifs is 1. The summed E-state index contributed by atoms with van der Waals surface area (Å²) in [5.74, 6) is 3.80. The summed E-state index contributed by atoms with van der Waals surface area (Å²) in [6.07, 6.45) is 0. The fourth-order valence-corrected chi connectivity index (χ4v) is 6.94. The third-order valence-electron chi connectivity index (χ3n) is 5.55. The van der Waals surface area contributed by atoms with Crippen molar-refractivity contribution in [2.45, 2.75) is 10.1 Å². The number of rotatable bonds is 4. The summed E-state index contributed by atoms with van der Waals surface area (Å²) in [4.78, 5) is 12.9. The van der Waals surface area contributed by atoms with Gasteiger partial charge in [0, 0.05) is 5.39 Å². The molecule has 0 saturated carbocycles. The van der Waals surface area contributed by atoms with Crippen LogP contribution in [0.15, 0.2) is 106 Å². The lowest BCUT2D eigenvalue weighted by atomic mass is 10.0. The van der Waals surface area contributed by atoms with Crippen LogP contribution in [0.4, 0.5) is 0 Å². The molecule has 2 atom stereocenters. The van der Waals surface area contributed by atoms with Crippen LogP contribution < -0.4 is 5.32 Å². The summed E-state index contributed by atoms with van der Waals surface area (Å²) in [6, 6.07) is 29.9. The van der Waals surface area contributed by atoms with E-state index in [2.05, 4.69) is 15.6 Å². The van der Waals surface area contributed by atoms with E-state index in [0.717, 1.165) is 22.1 Å². The van der Waals surface area contributed by atoms with Gasteiger partial charge in [-0.1, -0.05) is 96.9 Å². The van der Waals surface area contributed by atoms with Gasteiger partial charge in [0.1, 0.15) is 5.25 Å². The average Bonchev–Trinajstić information content (AvgIpc) is 3.11. The van der Waals surface area contributed by atoms with Gasteiger partial charge in [-0.3, -0.25) is 4.79 Å². The predicted octanol–water partition coefficient (Wildman–Crippen LogP) is 5.12. The Bertz CT molecular complexity index is 1520. The Hall–Kier alpha value is -3.55. The fraction of sp³-hybridized carbons (Fsp3) is 0.0385. The van der Waals surface area contributed by atoms with Crippen LogP contribution in [0.3, 0.4) is 0 Å². The minimum atomic E-state index is -4.03. The van der Waals surface area contributed by atoms with Crippen LogP contribution in [0.2, 0.25) is 0 Å². The van der Waals surface area contributed by atoms with Gasteiger partial charge in [-0.05, 0) is 28.1 Å². The van der Waals surface area contributed by atoms with Gasteiger partial charge < -0.3 is 5.32 Å². The van der Waals surface area contributed by atoms with Gasteiger partial charge >= 0.3 is 0 Å². The molecular weight excluding hydrogens is 452 g/mol. The Labute approximate surface area is 194 Å². The highest BCUT2D eigenvalue weighted by molar-refractivity contribution is 8.28. The largest absolute Gasteiger partial charge is 0.304 e. The first kappa shape index (κ1) is 21.3. The van der Waals surface area contributed by atoms with Crippen molar-refractivity contribution < 1.29 is 13.2 Å². The lowest BCUT2D eigenvalue weighted by Gasteiger charge is -2.10. The zero-order valence-corrected chi connectivity index (χ0v) is 19.1. The number of benzene rings is 4. The summed E-state index contributed by atoms with van der Waals surface area (Å²) in [5.41, 5.74) is 2.89. The lowest BCUT2D eigenvalue weighted by molar-refractivity contribution is -0.118. The van der Waals surface area contributed by atoms with Crippen molar-refractivity contribution in [3.05, 3.63) is 103 Å². The molecule has 5 nitrogen and oxygen atoms in total. The molecule has 2 unspecified atom stereocenters. The van der Waals surface area contributed by atoms with E-state index in [9.17, 15) is 13.2 Å². The van der Waals surface area contributed by atoms with Crippen molar-refractivity contribution in [1.82, 2.24) is 5.32 Å². The summed E-state index contributed by atoms with van der Waals surface area (Å²) in [5, 5.41) is 3.55. The number of nitrogens with one attached hydrogen (secondary N) is 1. The summed E-state index contributed by atoms with van der Waals surface area (Å²) >= 11 is 0. The molecule has 1 amide bonds. The van der Waals surface area contributed by atoms with Crippen molar-refractivity contribution in [3.8, 4) is 11.1 Å². The van der Waals surface area contributed by atoms with Gasteiger partial charge in [0.25, 0.3) is 10.0 Å². The predicted molar refractivity (Wildman–Crippen MR) is 136 cm³/mol. The third kappa shape index (κ3) is 4.01. The second kappa shape index (κ2) is 8.42. The topological polar surface area (TPSA) is 75.6 Å². The molecule has 4 aromatic carbocycles. The molecule has 5 rings (SSSR count). The van der Waals surface area contributed by atoms with Gasteiger partial charge in [0.05, 0.1) is 4.90 Å². The van der Waals surface area contributed by atoms with Gasteiger partial charge in [-0.2, -0.15) is 8.42 Å². The molecule has 7 heteroatoms. The van der Waals surface area contributed by atoms with Gasteiger partial charge in [-0.15, -0.1) is 14.9 Å². The molecule has 1 heterocycles. The van der Waals surface area contributed by atoms with Crippen molar-refractivity contribution in [1.29, 1.82) is 0 Å². The van der Waals surface area contributed by atoms with Crippen LogP contribution in [-0.2, 0) is 14.8 Å². The molecule has 0 radical (unpaired) electrons. The quantitative estimate of drug-likeness (QED) is 0.419. The molecule has 0 aromatic heterocycles. The second-order valence-electron chi connectivity index (χ2n) is 7.63. The fourth-order valence-electron chi connectivity index (χ4n) is 3.92. The number of nitrogens with zero attached hydrogens (tertiary/aromatic N) is 1. The van der Waals surface area contributed by atoms with Gasteiger partial charge in [0.15, 0.2) is 5.17 Å². The molecule has 1 N–H and O–H groups in total. The van der Waals surface area contributed by atoms with Crippen molar-refractivity contribution in [3.63, 3.8) is 0 Å². The van der Waals surface area contributed by atoms with E-state index < -0.39 is 25.8 Å². The smallest absolute Gasteiger partial charge is 0.285 e. The van der Waals surface area contributed by atoms with Crippen LogP contribution in [0.5, 0.6) is 0 Å². The van der Waals surface area contributed by atoms with E-state index in [1.165, 1.54) is 6.07 Å². The van der Waals surface area contributed by atoms with E-state index in [4.69, 9.17) is 0 Å². The molecule has 1 aliphatic rings.